The van der Waals surface area contributed by atoms with E-state index in [0.717, 1.165) is 15.9 Å². The number of halogens is 1. The summed E-state index contributed by atoms with van der Waals surface area (Å²) in [5, 5.41) is 10.4. The van der Waals surface area contributed by atoms with E-state index >= 15 is 0 Å². The number of nitrogens with one attached hydrogen (secondary N) is 1. The predicted octanol–water partition coefficient (Wildman–Crippen LogP) is 2.51. The number of methoxy groups -OCH3 is 1. The molecule has 1 N–H and O–H groups in total. The Morgan fingerprint density at radius 2 is 2.00 bits per heavy atom. The molecule has 0 bridgehead atoms. The summed E-state index contributed by atoms with van der Waals surface area (Å²) in [7, 11) is 1.51. The molecule has 0 aliphatic rings. The van der Waals surface area contributed by atoms with Gasteiger partial charge >= 0.3 is 0 Å². The van der Waals surface area contributed by atoms with E-state index in [1.165, 1.54) is 7.11 Å². The Morgan fingerprint density at radius 1 is 1.25 bits per heavy atom. The van der Waals surface area contributed by atoms with Crippen LogP contribution in [-0.4, -0.2) is 28.2 Å². The zero-order chi connectivity index (χ0) is 14.7. The summed E-state index contributed by atoms with van der Waals surface area (Å²) in [6.07, 6.45) is 0. The third-order valence-corrected chi connectivity index (χ3v) is 3.22. The van der Waals surface area contributed by atoms with E-state index in [-0.39, 0.29) is 11.9 Å². The number of hydrogen-bond acceptors (Lipinski definition) is 5. The molecule has 0 fully saturated rings. The fraction of sp³-hybridized carbons (Fsp3) is 0.231. The number of amides is 1. The highest BCUT2D eigenvalue weighted by molar-refractivity contribution is 9.10. The van der Waals surface area contributed by atoms with Crippen molar-refractivity contribution in [2.24, 2.45) is 0 Å². The first-order chi connectivity index (χ1) is 9.51. The predicted molar refractivity (Wildman–Crippen MR) is 77.9 cm³/mol. The van der Waals surface area contributed by atoms with E-state index in [1.54, 1.807) is 32.0 Å². The van der Waals surface area contributed by atoms with Crippen molar-refractivity contribution >= 4 is 27.8 Å². The third kappa shape index (κ3) is 3.11. The highest BCUT2D eigenvalue weighted by Crippen LogP contribution is 2.24. The maximum Gasteiger partial charge on any atom is 0.261 e. The monoisotopic (exact) mass is 336 g/mol. The number of anilines is 1. The lowest BCUT2D eigenvalue weighted by Gasteiger charge is -2.09. The van der Waals surface area contributed by atoms with Crippen LogP contribution >= 0.6 is 15.9 Å². The summed E-state index contributed by atoms with van der Waals surface area (Å²) >= 11 is 3.32. The second-order valence-corrected chi connectivity index (χ2v) is 5.02. The van der Waals surface area contributed by atoms with E-state index in [4.69, 9.17) is 4.74 Å². The first-order valence-corrected chi connectivity index (χ1v) is 6.63. The molecule has 0 radical (unpaired) electrons. The molecule has 0 atom stereocenters. The first kappa shape index (κ1) is 14.4. The Balaban J connectivity index is 2.25. The van der Waals surface area contributed by atoms with E-state index in [0.29, 0.717) is 11.3 Å². The van der Waals surface area contributed by atoms with Gasteiger partial charge in [0.2, 0.25) is 5.95 Å². The van der Waals surface area contributed by atoms with Gasteiger partial charge in [-0.25, -0.2) is 4.98 Å². The van der Waals surface area contributed by atoms with E-state index in [1.807, 2.05) is 0 Å². The topological polar surface area (TPSA) is 77.0 Å². The van der Waals surface area contributed by atoms with Gasteiger partial charge in [0.25, 0.3) is 5.91 Å². The fourth-order valence-corrected chi connectivity index (χ4v) is 1.87. The summed E-state index contributed by atoms with van der Waals surface area (Å²) in [4.78, 5) is 16.3. The van der Waals surface area contributed by atoms with Crippen molar-refractivity contribution in [3.8, 4) is 5.75 Å². The molecular weight excluding hydrogens is 324 g/mol. The van der Waals surface area contributed by atoms with Gasteiger partial charge in [-0.1, -0.05) is 15.9 Å². The Hall–Kier alpha value is -2.02. The van der Waals surface area contributed by atoms with Crippen LogP contribution in [0.3, 0.4) is 0 Å². The van der Waals surface area contributed by atoms with Crippen LogP contribution in [0, 0.1) is 13.8 Å². The van der Waals surface area contributed by atoms with Gasteiger partial charge in [0.15, 0.2) is 0 Å². The number of rotatable bonds is 3. The molecule has 0 spiro atoms. The molecule has 1 heterocycles. The highest BCUT2D eigenvalue weighted by Gasteiger charge is 2.14. The van der Waals surface area contributed by atoms with Crippen molar-refractivity contribution in [1.82, 2.24) is 15.2 Å². The Kier molecular flexibility index (Phi) is 4.29. The molecule has 20 heavy (non-hydrogen) atoms. The number of ether oxygens (including phenoxy) is 1. The summed E-state index contributed by atoms with van der Waals surface area (Å²) in [6, 6.07) is 5.14. The van der Waals surface area contributed by atoms with E-state index < -0.39 is 0 Å². The fourth-order valence-electron chi connectivity index (χ4n) is 1.53. The number of nitrogens with zero attached hydrogens (tertiary/aromatic N) is 3. The molecule has 104 valence electrons. The third-order valence-electron chi connectivity index (χ3n) is 2.73. The van der Waals surface area contributed by atoms with Crippen molar-refractivity contribution in [2.75, 3.05) is 12.4 Å². The minimum atomic E-state index is -0.348. The average molecular weight is 337 g/mol. The standard InChI is InChI=1S/C13H13BrN4O2/c1-7-8(2)17-18-13(15-7)16-12(19)10-5-4-9(14)6-11(10)20-3/h4-6H,1-3H3,(H,15,16,18,19). The molecule has 2 rings (SSSR count). The van der Waals surface area contributed by atoms with Gasteiger partial charge in [0.1, 0.15) is 5.75 Å². The Labute approximate surface area is 124 Å². The molecule has 0 aliphatic carbocycles. The normalized spacial score (nSPS) is 10.2. The van der Waals surface area contributed by atoms with Crippen LogP contribution < -0.4 is 10.1 Å². The largest absolute Gasteiger partial charge is 0.496 e. The van der Waals surface area contributed by atoms with Gasteiger partial charge in [-0.15, -0.1) is 5.10 Å². The molecule has 0 saturated heterocycles. The Bertz CT molecular complexity index is 661. The van der Waals surface area contributed by atoms with Gasteiger partial charge in [-0.3, -0.25) is 10.1 Å². The van der Waals surface area contributed by atoms with Crippen LogP contribution in [0.4, 0.5) is 5.95 Å². The average Bonchev–Trinajstić information content (AvgIpc) is 2.42. The molecule has 0 saturated carbocycles. The van der Waals surface area contributed by atoms with Crippen molar-refractivity contribution in [2.45, 2.75) is 13.8 Å². The molecule has 1 amide bonds. The lowest BCUT2D eigenvalue weighted by atomic mass is 10.2. The number of aromatic nitrogens is 3. The maximum absolute atomic E-state index is 12.2. The second kappa shape index (κ2) is 5.96. The minimum absolute atomic E-state index is 0.170. The second-order valence-electron chi connectivity index (χ2n) is 4.10. The molecular formula is C13H13BrN4O2. The van der Waals surface area contributed by atoms with E-state index in [2.05, 4.69) is 36.4 Å². The number of hydrogen-bond donors (Lipinski definition) is 1. The van der Waals surface area contributed by atoms with Crippen LogP contribution in [0.15, 0.2) is 22.7 Å². The van der Waals surface area contributed by atoms with Crippen molar-refractivity contribution in [3.63, 3.8) is 0 Å². The first-order valence-electron chi connectivity index (χ1n) is 5.84. The van der Waals surface area contributed by atoms with Gasteiger partial charge < -0.3 is 4.74 Å². The maximum atomic E-state index is 12.2. The number of benzene rings is 1. The molecule has 0 aliphatic heterocycles. The molecule has 2 aromatic rings. The highest BCUT2D eigenvalue weighted by atomic mass is 79.9. The smallest absolute Gasteiger partial charge is 0.261 e. The quantitative estimate of drug-likeness (QED) is 0.931. The minimum Gasteiger partial charge on any atom is -0.496 e. The van der Waals surface area contributed by atoms with Gasteiger partial charge in [0.05, 0.1) is 24.1 Å². The van der Waals surface area contributed by atoms with Gasteiger partial charge in [0, 0.05) is 4.47 Å². The number of carbonyl (C=O) groups excluding carboxylic acids is 1. The molecule has 1 aromatic heterocycles. The van der Waals surface area contributed by atoms with Crippen molar-refractivity contribution < 1.29 is 9.53 Å². The molecule has 6 nitrogen and oxygen atoms in total. The number of aryl methyl sites for hydroxylation is 2. The summed E-state index contributed by atoms with van der Waals surface area (Å²) < 4.78 is 6.01. The van der Waals surface area contributed by atoms with Crippen LogP contribution in [0.25, 0.3) is 0 Å². The zero-order valence-corrected chi connectivity index (χ0v) is 12.9. The van der Waals surface area contributed by atoms with Gasteiger partial charge in [-0.2, -0.15) is 5.10 Å². The van der Waals surface area contributed by atoms with E-state index in [9.17, 15) is 4.79 Å². The lowest BCUT2D eigenvalue weighted by molar-refractivity contribution is 0.102. The summed E-state index contributed by atoms with van der Waals surface area (Å²) in [5.74, 6) is 0.288. The molecule has 0 unspecified atom stereocenters. The van der Waals surface area contributed by atoms with Crippen LogP contribution in [0.5, 0.6) is 5.75 Å². The van der Waals surface area contributed by atoms with Gasteiger partial charge in [-0.05, 0) is 32.0 Å². The zero-order valence-electron chi connectivity index (χ0n) is 11.3. The summed E-state index contributed by atoms with van der Waals surface area (Å²) in [5.41, 5.74) is 1.85. The Morgan fingerprint density at radius 3 is 2.65 bits per heavy atom. The van der Waals surface area contributed by atoms with Crippen LogP contribution in [-0.2, 0) is 0 Å². The SMILES string of the molecule is COc1cc(Br)ccc1C(=O)Nc1nnc(C)c(C)n1. The van der Waals surface area contributed by atoms with Crippen molar-refractivity contribution in [1.29, 1.82) is 0 Å². The molecule has 7 heteroatoms. The molecule has 1 aromatic carbocycles. The summed E-state index contributed by atoms with van der Waals surface area (Å²) in [6.45, 7) is 3.61. The van der Waals surface area contributed by atoms with Crippen LogP contribution in [0.2, 0.25) is 0 Å². The number of carbonyl (C=O) groups is 1. The van der Waals surface area contributed by atoms with Crippen LogP contribution in [0.1, 0.15) is 21.7 Å². The lowest BCUT2D eigenvalue weighted by Crippen LogP contribution is -2.16. The van der Waals surface area contributed by atoms with Crippen molar-refractivity contribution in [3.05, 3.63) is 39.6 Å².